The van der Waals surface area contributed by atoms with Gasteiger partial charge in [-0.3, -0.25) is 0 Å². The van der Waals surface area contributed by atoms with Gasteiger partial charge >= 0.3 is 11.9 Å². The van der Waals surface area contributed by atoms with Gasteiger partial charge < -0.3 is 20.1 Å². The van der Waals surface area contributed by atoms with E-state index in [-0.39, 0.29) is 5.75 Å². The molecule has 0 aliphatic heterocycles. The number of benzene rings is 1. The maximum absolute atomic E-state index is 10.8. The average Bonchev–Trinajstić information content (AvgIpc) is 2.29. The first-order valence-corrected chi connectivity index (χ1v) is 4.66. The third kappa shape index (κ3) is 6.16. The first-order chi connectivity index (χ1) is 7.88. The smallest absolute Gasteiger partial charge is 0.337 e. The van der Waals surface area contributed by atoms with E-state index in [1.54, 1.807) is 0 Å². The van der Waals surface area contributed by atoms with Crippen molar-refractivity contribution in [1.82, 2.24) is 0 Å². The summed E-state index contributed by atoms with van der Waals surface area (Å²) in [5.74, 6) is -1.45. The maximum atomic E-state index is 10.8. The molecular weight excluding hydrogens is 228 g/mol. The van der Waals surface area contributed by atoms with Crippen LogP contribution in [0.4, 0.5) is 0 Å². The van der Waals surface area contributed by atoms with Gasteiger partial charge in [-0.15, -0.1) is 0 Å². The largest absolute Gasteiger partial charge is 0.508 e. The van der Waals surface area contributed by atoms with Crippen LogP contribution in [0.5, 0.6) is 5.75 Å². The topological polar surface area (TPSA) is 104 Å². The van der Waals surface area contributed by atoms with E-state index in [4.69, 9.17) is 15.3 Å². The van der Waals surface area contributed by atoms with Gasteiger partial charge in [-0.2, -0.15) is 0 Å². The summed E-state index contributed by atoms with van der Waals surface area (Å²) in [6.07, 6.45) is -1.23. The highest BCUT2D eigenvalue weighted by Gasteiger charge is 2.02. The molecule has 0 aromatic heterocycles. The van der Waals surface area contributed by atoms with Crippen LogP contribution in [-0.2, 0) is 9.53 Å². The highest BCUT2D eigenvalue weighted by molar-refractivity contribution is 5.89. The van der Waals surface area contributed by atoms with Crippen LogP contribution < -0.4 is 0 Å². The van der Waals surface area contributed by atoms with E-state index >= 15 is 0 Å². The number of carboxylic acids is 1. The summed E-state index contributed by atoms with van der Waals surface area (Å²) in [5, 5.41) is 24.6. The van der Waals surface area contributed by atoms with Crippen molar-refractivity contribution in [2.24, 2.45) is 0 Å². The molecule has 1 unspecified atom stereocenters. The van der Waals surface area contributed by atoms with Crippen molar-refractivity contribution in [3.8, 4) is 5.75 Å². The molecule has 0 saturated carbocycles. The Labute approximate surface area is 98.1 Å². The number of aromatic hydroxyl groups is 1. The molecule has 6 nitrogen and oxygen atoms in total. The standard InChI is InChI=1S/C8H8O3.C3H6O3/c1-11-8(10)6-2-4-7(9)5-3-6;1-2(4)3(5)6/h2-5,9H,1H3;2,4H,1H3,(H,5,6). The first kappa shape index (κ1) is 14.9. The number of methoxy groups -OCH3 is 1. The SMILES string of the molecule is CC(O)C(=O)O.COC(=O)c1ccc(O)cc1. The second-order valence-electron chi connectivity index (χ2n) is 3.05. The van der Waals surface area contributed by atoms with Crippen LogP contribution >= 0.6 is 0 Å². The molecule has 17 heavy (non-hydrogen) atoms. The molecule has 0 fully saturated rings. The fraction of sp³-hybridized carbons (Fsp3) is 0.273. The molecule has 0 heterocycles. The molecule has 1 aromatic rings. The Hall–Kier alpha value is -2.08. The van der Waals surface area contributed by atoms with Crippen LogP contribution in [0.1, 0.15) is 17.3 Å². The number of hydrogen-bond donors (Lipinski definition) is 3. The number of carbonyl (C=O) groups excluding carboxylic acids is 1. The Kier molecular flexibility index (Phi) is 6.35. The zero-order chi connectivity index (χ0) is 13.4. The van der Waals surface area contributed by atoms with E-state index in [0.29, 0.717) is 5.56 Å². The second-order valence-corrected chi connectivity index (χ2v) is 3.05. The number of hydrogen-bond acceptors (Lipinski definition) is 5. The molecular formula is C11H14O6. The lowest BCUT2D eigenvalue weighted by molar-refractivity contribution is -0.145. The molecule has 1 aromatic carbocycles. The van der Waals surface area contributed by atoms with Crippen molar-refractivity contribution in [3.63, 3.8) is 0 Å². The molecule has 3 N–H and O–H groups in total. The Morgan fingerprint density at radius 3 is 1.94 bits per heavy atom. The van der Waals surface area contributed by atoms with Crippen molar-refractivity contribution in [3.05, 3.63) is 29.8 Å². The maximum Gasteiger partial charge on any atom is 0.337 e. The predicted molar refractivity (Wildman–Crippen MR) is 58.8 cm³/mol. The zero-order valence-corrected chi connectivity index (χ0v) is 9.45. The summed E-state index contributed by atoms with van der Waals surface area (Å²) in [7, 11) is 1.31. The molecule has 0 saturated heterocycles. The van der Waals surface area contributed by atoms with Crippen molar-refractivity contribution in [2.75, 3.05) is 7.11 Å². The quantitative estimate of drug-likeness (QED) is 0.657. The number of carbonyl (C=O) groups is 2. The number of ether oxygens (including phenoxy) is 1. The van der Waals surface area contributed by atoms with Gasteiger partial charge in [-0.05, 0) is 31.2 Å². The van der Waals surface area contributed by atoms with E-state index in [1.165, 1.54) is 38.3 Å². The molecule has 94 valence electrons. The first-order valence-electron chi connectivity index (χ1n) is 4.66. The highest BCUT2D eigenvalue weighted by Crippen LogP contribution is 2.09. The van der Waals surface area contributed by atoms with Crippen molar-refractivity contribution >= 4 is 11.9 Å². The minimum atomic E-state index is -1.23. The van der Waals surface area contributed by atoms with Crippen molar-refractivity contribution in [1.29, 1.82) is 0 Å². The normalized spacial score (nSPS) is 10.8. The minimum absolute atomic E-state index is 0.137. The van der Waals surface area contributed by atoms with Gasteiger partial charge in [0.25, 0.3) is 0 Å². The number of esters is 1. The Balaban J connectivity index is 0.000000366. The van der Waals surface area contributed by atoms with Crippen LogP contribution in [0.15, 0.2) is 24.3 Å². The molecule has 0 amide bonds. The summed E-state index contributed by atoms with van der Waals surface area (Å²) >= 11 is 0. The van der Waals surface area contributed by atoms with E-state index in [1.807, 2.05) is 0 Å². The molecule has 1 atom stereocenters. The van der Waals surface area contributed by atoms with Crippen molar-refractivity contribution < 1.29 is 29.6 Å². The fourth-order valence-electron chi connectivity index (χ4n) is 0.715. The van der Waals surface area contributed by atoms with E-state index in [0.717, 1.165) is 0 Å². The predicted octanol–water partition coefficient (Wildman–Crippen LogP) is 0.631. The summed E-state index contributed by atoms with van der Waals surface area (Å²) in [5.41, 5.74) is 0.435. The lowest BCUT2D eigenvalue weighted by atomic mass is 10.2. The number of phenolic OH excluding ortho intramolecular Hbond substituents is 1. The van der Waals surface area contributed by atoms with Gasteiger partial charge in [0.15, 0.2) is 0 Å². The molecule has 6 heteroatoms. The second kappa shape index (κ2) is 7.24. The Morgan fingerprint density at radius 2 is 1.65 bits per heavy atom. The third-order valence-corrected chi connectivity index (χ3v) is 1.65. The van der Waals surface area contributed by atoms with Crippen LogP contribution in [-0.4, -0.2) is 40.5 Å². The molecule has 0 bridgehead atoms. The number of carboxylic acid groups (broad SMARTS) is 1. The number of aliphatic hydroxyl groups is 1. The zero-order valence-electron chi connectivity index (χ0n) is 9.45. The van der Waals surface area contributed by atoms with E-state index in [9.17, 15) is 9.59 Å². The summed E-state index contributed by atoms with van der Waals surface area (Å²) in [6, 6.07) is 5.88. The molecule has 0 spiro atoms. The van der Waals surface area contributed by atoms with Gasteiger partial charge in [0.1, 0.15) is 11.9 Å². The van der Waals surface area contributed by atoms with Crippen molar-refractivity contribution in [2.45, 2.75) is 13.0 Å². The van der Waals surface area contributed by atoms with E-state index in [2.05, 4.69) is 4.74 Å². The molecule has 1 rings (SSSR count). The van der Waals surface area contributed by atoms with Gasteiger partial charge in [0.05, 0.1) is 12.7 Å². The fourth-order valence-corrected chi connectivity index (χ4v) is 0.715. The lowest BCUT2D eigenvalue weighted by Crippen LogP contribution is -2.13. The van der Waals surface area contributed by atoms with Gasteiger partial charge in [-0.1, -0.05) is 0 Å². The molecule has 0 aliphatic rings. The van der Waals surface area contributed by atoms with Gasteiger partial charge in [0, 0.05) is 0 Å². The van der Waals surface area contributed by atoms with Crippen LogP contribution in [0.2, 0.25) is 0 Å². The van der Waals surface area contributed by atoms with E-state index < -0.39 is 18.0 Å². The average molecular weight is 242 g/mol. The van der Waals surface area contributed by atoms with Crippen LogP contribution in [0, 0.1) is 0 Å². The van der Waals surface area contributed by atoms with Gasteiger partial charge in [-0.25, -0.2) is 9.59 Å². The Bertz CT molecular complexity index is 368. The Morgan fingerprint density at radius 1 is 1.24 bits per heavy atom. The summed E-state index contributed by atoms with van der Waals surface area (Å²) in [4.78, 5) is 20.3. The minimum Gasteiger partial charge on any atom is -0.508 e. The number of phenols is 1. The van der Waals surface area contributed by atoms with Crippen LogP contribution in [0.3, 0.4) is 0 Å². The number of aliphatic hydroxyl groups excluding tert-OH is 1. The number of aliphatic carboxylic acids is 1. The summed E-state index contributed by atoms with van der Waals surface area (Å²) < 4.78 is 4.46. The molecule has 0 aliphatic carbocycles. The van der Waals surface area contributed by atoms with Crippen LogP contribution in [0.25, 0.3) is 0 Å². The van der Waals surface area contributed by atoms with Gasteiger partial charge in [0.2, 0.25) is 0 Å². The molecule has 0 radical (unpaired) electrons. The highest BCUT2D eigenvalue weighted by atomic mass is 16.5. The monoisotopic (exact) mass is 242 g/mol. The third-order valence-electron chi connectivity index (χ3n) is 1.65. The number of rotatable bonds is 2. The summed E-state index contributed by atoms with van der Waals surface area (Å²) in [6.45, 7) is 1.20. The lowest BCUT2D eigenvalue weighted by Gasteiger charge is -1.97.